The Morgan fingerprint density at radius 3 is 3.11 bits per heavy atom. The van der Waals surface area contributed by atoms with Crippen molar-refractivity contribution in [3.63, 3.8) is 0 Å². The van der Waals surface area contributed by atoms with Gasteiger partial charge in [-0.05, 0) is 36.5 Å². The second-order valence-corrected chi connectivity index (χ2v) is 4.87. The number of rotatable bonds is 2. The summed E-state index contributed by atoms with van der Waals surface area (Å²) in [7, 11) is 0. The van der Waals surface area contributed by atoms with E-state index in [1.165, 1.54) is 11.1 Å². The maximum atomic E-state index is 12.2. The van der Waals surface area contributed by atoms with Crippen molar-refractivity contribution in [2.45, 2.75) is 25.3 Å². The second-order valence-electron chi connectivity index (χ2n) is 4.87. The minimum atomic E-state index is -0.0483. The van der Waals surface area contributed by atoms with Crippen LogP contribution in [0.2, 0.25) is 0 Å². The van der Waals surface area contributed by atoms with Crippen LogP contribution in [-0.2, 0) is 11.2 Å². The molecule has 2 N–H and O–H groups in total. The summed E-state index contributed by atoms with van der Waals surface area (Å²) in [5, 5.41) is 6.00. The Morgan fingerprint density at radius 1 is 1.37 bits per heavy atom. The number of carbonyl (C=O) groups is 1. The molecular weight excluding hydrogens is 238 g/mol. The van der Waals surface area contributed by atoms with Crippen LogP contribution in [0.4, 0.5) is 0 Å². The number of carbonyl (C=O) groups excluding carboxylic acids is 1. The first-order valence-electron chi connectivity index (χ1n) is 6.68. The summed E-state index contributed by atoms with van der Waals surface area (Å²) in [5.41, 5.74) is 3.21. The topological polar surface area (TPSA) is 53.5 Å². The smallest absolute Gasteiger partial charge is 0.267 e. The molecule has 1 aromatic carbocycles. The van der Waals surface area contributed by atoms with Crippen molar-refractivity contribution in [3.05, 3.63) is 47.2 Å². The number of aliphatic imine (C=N–C) groups is 1. The third-order valence-corrected chi connectivity index (χ3v) is 3.63. The number of aryl methyl sites for hydroxylation is 1. The standard InChI is InChI=1S/C15H17N3O/c19-15(14-8-9-16-10-17-14)18-13-7-3-5-11-4-1-2-6-12(11)13/h1-2,4,6,8,10,13H,3,5,7,9H2,(H,16,17)(H,18,19)/t13-/m1/s1. The summed E-state index contributed by atoms with van der Waals surface area (Å²) >= 11 is 0. The van der Waals surface area contributed by atoms with Crippen LogP contribution < -0.4 is 10.6 Å². The van der Waals surface area contributed by atoms with Crippen LogP contribution in [0, 0.1) is 0 Å². The lowest BCUT2D eigenvalue weighted by Gasteiger charge is -2.26. The van der Waals surface area contributed by atoms with Gasteiger partial charge >= 0.3 is 0 Å². The van der Waals surface area contributed by atoms with Crippen LogP contribution >= 0.6 is 0 Å². The molecule has 4 nitrogen and oxygen atoms in total. The van der Waals surface area contributed by atoms with Crippen LogP contribution in [-0.4, -0.2) is 18.8 Å². The first kappa shape index (κ1) is 12.0. The minimum Gasteiger partial charge on any atom is -0.344 e. The van der Waals surface area contributed by atoms with Gasteiger partial charge in [0.15, 0.2) is 0 Å². The first-order chi connectivity index (χ1) is 9.34. The summed E-state index contributed by atoms with van der Waals surface area (Å²) in [5.74, 6) is -0.0483. The molecule has 1 amide bonds. The molecule has 3 rings (SSSR count). The lowest BCUT2D eigenvalue weighted by atomic mass is 9.87. The molecule has 0 bridgehead atoms. The van der Waals surface area contributed by atoms with E-state index in [-0.39, 0.29) is 11.9 Å². The van der Waals surface area contributed by atoms with E-state index in [1.54, 1.807) is 6.34 Å². The quantitative estimate of drug-likeness (QED) is 0.845. The van der Waals surface area contributed by atoms with Crippen molar-refractivity contribution >= 4 is 12.2 Å². The van der Waals surface area contributed by atoms with Crippen molar-refractivity contribution in [1.82, 2.24) is 10.6 Å². The van der Waals surface area contributed by atoms with Crippen LogP contribution in [0.5, 0.6) is 0 Å². The molecule has 1 aromatic rings. The molecule has 19 heavy (non-hydrogen) atoms. The molecule has 98 valence electrons. The molecule has 0 aromatic heterocycles. The highest BCUT2D eigenvalue weighted by Gasteiger charge is 2.22. The Hall–Kier alpha value is -2.10. The van der Waals surface area contributed by atoms with Gasteiger partial charge in [-0.15, -0.1) is 0 Å². The van der Waals surface area contributed by atoms with Gasteiger partial charge in [0.2, 0.25) is 0 Å². The third-order valence-electron chi connectivity index (χ3n) is 3.63. The number of nitrogens with one attached hydrogen (secondary N) is 2. The van der Waals surface area contributed by atoms with Crippen molar-refractivity contribution in [2.75, 3.05) is 6.54 Å². The summed E-state index contributed by atoms with van der Waals surface area (Å²) in [6, 6.07) is 8.49. The molecular formula is C15H17N3O. The van der Waals surface area contributed by atoms with Crippen molar-refractivity contribution in [3.8, 4) is 0 Å². The van der Waals surface area contributed by atoms with Gasteiger partial charge in [0, 0.05) is 0 Å². The van der Waals surface area contributed by atoms with Crippen molar-refractivity contribution < 1.29 is 4.79 Å². The highest BCUT2D eigenvalue weighted by atomic mass is 16.2. The van der Waals surface area contributed by atoms with Crippen molar-refractivity contribution in [1.29, 1.82) is 0 Å². The van der Waals surface area contributed by atoms with Gasteiger partial charge in [-0.2, -0.15) is 0 Å². The Labute approximate surface area is 112 Å². The molecule has 0 radical (unpaired) electrons. The van der Waals surface area contributed by atoms with E-state index in [2.05, 4.69) is 33.8 Å². The zero-order valence-electron chi connectivity index (χ0n) is 10.7. The Kier molecular flexibility index (Phi) is 3.31. The van der Waals surface area contributed by atoms with E-state index in [0.717, 1.165) is 19.3 Å². The average Bonchev–Trinajstić information content (AvgIpc) is 2.48. The van der Waals surface area contributed by atoms with Crippen molar-refractivity contribution in [2.24, 2.45) is 4.99 Å². The number of hydrogen-bond acceptors (Lipinski definition) is 3. The fraction of sp³-hybridized carbons (Fsp3) is 0.333. The molecule has 2 aliphatic rings. The zero-order valence-corrected chi connectivity index (χ0v) is 10.7. The largest absolute Gasteiger partial charge is 0.344 e. The highest BCUT2D eigenvalue weighted by Crippen LogP contribution is 2.29. The van der Waals surface area contributed by atoms with Gasteiger partial charge in [-0.1, -0.05) is 24.3 Å². The van der Waals surface area contributed by atoms with Crippen LogP contribution in [0.25, 0.3) is 0 Å². The monoisotopic (exact) mass is 255 g/mol. The Balaban J connectivity index is 1.74. The fourth-order valence-electron chi connectivity index (χ4n) is 2.67. The normalized spacial score (nSPS) is 21.1. The second kappa shape index (κ2) is 5.26. The molecule has 1 aliphatic heterocycles. The van der Waals surface area contributed by atoms with E-state index in [0.29, 0.717) is 12.2 Å². The molecule has 0 spiro atoms. The van der Waals surface area contributed by atoms with Gasteiger partial charge < -0.3 is 10.6 Å². The Morgan fingerprint density at radius 2 is 2.26 bits per heavy atom. The Bertz CT molecular complexity index is 548. The fourth-order valence-corrected chi connectivity index (χ4v) is 2.67. The molecule has 0 saturated heterocycles. The van der Waals surface area contributed by atoms with Gasteiger partial charge in [-0.3, -0.25) is 9.79 Å². The van der Waals surface area contributed by atoms with E-state index in [9.17, 15) is 4.79 Å². The summed E-state index contributed by atoms with van der Waals surface area (Å²) in [6.45, 7) is 0.566. The molecule has 1 atom stereocenters. The summed E-state index contributed by atoms with van der Waals surface area (Å²) in [6.07, 6.45) is 6.62. The number of benzene rings is 1. The third kappa shape index (κ3) is 2.52. The van der Waals surface area contributed by atoms with Gasteiger partial charge in [0.25, 0.3) is 5.91 Å². The summed E-state index contributed by atoms with van der Waals surface area (Å²) < 4.78 is 0. The molecule has 1 heterocycles. The van der Waals surface area contributed by atoms with Gasteiger partial charge in [-0.25, -0.2) is 0 Å². The first-order valence-corrected chi connectivity index (χ1v) is 6.68. The lowest BCUT2D eigenvalue weighted by Crippen LogP contribution is -2.36. The van der Waals surface area contributed by atoms with Gasteiger partial charge in [0.1, 0.15) is 5.70 Å². The number of amides is 1. The van der Waals surface area contributed by atoms with E-state index in [4.69, 9.17) is 0 Å². The van der Waals surface area contributed by atoms with E-state index in [1.807, 2.05) is 12.1 Å². The maximum absolute atomic E-state index is 12.2. The average molecular weight is 255 g/mol. The lowest BCUT2D eigenvalue weighted by molar-refractivity contribution is -0.118. The van der Waals surface area contributed by atoms with Crippen LogP contribution in [0.15, 0.2) is 41.0 Å². The predicted molar refractivity (Wildman–Crippen MR) is 74.8 cm³/mol. The van der Waals surface area contributed by atoms with Gasteiger partial charge in [0.05, 0.1) is 18.9 Å². The highest BCUT2D eigenvalue weighted by molar-refractivity contribution is 5.95. The molecule has 0 fully saturated rings. The molecule has 4 heteroatoms. The number of nitrogens with zero attached hydrogens (tertiary/aromatic N) is 1. The van der Waals surface area contributed by atoms with Crippen LogP contribution in [0.3, 0.4) is 0 Å². The SMILES string of the molecule is O=C(N[C@@H]1CCCc2ccccc21)C1=CCN=CN1. The number of fused-ring (bicyclic) bond motifs is 1. The predicted octanol–water partition coefficient (Wildman–Crippen LogP) is 1.70. The molecule has 0 unspecified atom stereocenters. The van der Waals surface area contributed by atoms with E-state index < -0.39 is 0 Å². The zero-order chi connectivity index (χ0) is 13.1. The summed E-state index contributed by atoms with van der Waals surface area (Å²) in [4.78, 5) is 16.2. The molecule has 0 saturated carbocycles. The maximum Gasteiger partial charge on any atom is 0.267 e. The van der Waals surface area contributed by atoms with Crippen LogP contribution in [0.1, 0.15) is 30.0 Å². The number of hydrogen-bond donors (Lipinski definition) is 2. The molecule has 1 aliphatic carbocycles. The van der Waals surface area contributed by atoms with E-state index >= 15 is 0 Å². The minimum absolute atomic E-state index is 0.0483.